The smallest absolute Gasteiger partial charge is 0.251 e. The van der Waals surface area contributed by atoms with Gasteiger partial charge in [-0.15, -0.1) is 24.0 Å². The molecule has 2 aromatic carbocycles. The first-order valence-electron chi connectivity index (χ1n) is 9.22. The number of hydrogen-bond donors (Lipinski definition) is 3. The molecule has 2 rings (SSSR count). The first kappa shape index (κ1) is 23.7. The van der Waals surface area contributed by atoms with Crippen LogP contribution in [0, 0.1) is 0 Å². The third kappa shape index (κ3) is 8.60. The molecule has 6 nitrogen and oxygen atoms in total. The Morgan fingerprint density at radius 3 is 2.36 bits per heavy atom. The number of carbonyl (C=O) groups excluding carboxylic acids is 1. The van der Waals surface area contributed by atoms with Crippen LogP contribution in [0.1, 0.15) is 29.3 Å². The van der Waals surface area contributed by atoms with Gasteiger partial charge in [0.05, 0.1) is 6.61 Å². The summed E-state index contributed by atoms with van der Waals surface area (Å²) in [5.74, 6) is 1.57. The van der Waals surface area contributed by atoms with Crippen LogP contribution in [0.2, 0.25) is 0 Å². The molecule has 0 aromatic heterocycles. The number of amides is 1. The van der Waals surface area contributed by atoms with E-state index in [0.717, 1.165) is 30.2 Å². The predicted molar refractivity (Wildman–Crippen MR) is 125 cm³/mol. The van der Waals surface area contributed by atoms with E-state index in [1.807, 2.05) is 61.5 Å². The van der Waals surface area contributed by atoms with Crippen molar-refractivity contribution < 1.29 is 9.53 Å². The van der Waals surface area contributed by atoms with Crippen LogP contribution >= 0.6 is 24.0 Å². The number of rotatable bonds is 9. The average Bonchev–Trinajstić information content (AvgIpc) is 2.71. The minimum atomic E-state index is -0.0489. The van der Waals surface area contributed by atoms with E-state index in [0.29, 0.717) is 25.3 Å². The molecule has 0 aliphatic rings. The van der Waals surface area contributed by atoms with Crippen LogP contribution in [0.5, 0.6) is 5.75 Å². The molecule has 2 aromatic rings. The van der Waals surface area contributed by atoms with E-state index < -0.39 is 0 Å². The number of guanidine groups is 1. The van der Waals surface area contributed by atoms with Crippen LogP contribution in [-0.4, -0.2) is 38.6 Å². The Morgan fingerprint density at radius 1 is 1.00 bits per heavy atom. The molecule has 7 heteroatoms. The second-order valence-electron chi connectivity index (χ2n) is 5.92. The molecule has 28 heavy (non-hydrogen) atoms. The molecular weight excluding hydrogens is 467 g/mol. The topological polar surface area (TPSA) is 74.8 Å². The van der Waals surface area contributed by atoms with Gasteiger partial charge in [-0.2, -0.15) is 0 Å². The molecule has 0 saturated carbocycles. The first-order chi connectivity index (χ1) is 13.2. The number of nitrogens with zero attached hydrogens (tertiary/aromatic N) is 1. The summed E-state index contributed by atoms with van der Waals surface area (Å²) in [7, 11) is 1.74. The van der Waals surface area contributed by atoms with Crippen LogP contribution in [0.25, 0.3) is 0 Å². The lowest BCUT2D eigenvalue weighted by atomic mass is 10.1. The summed E-state index contributed by atoms with van der Waals surface area (Å²) in [6, 6.07) is 17.3. The summed E-state index contributed by atoms with van der Waals surface area (Å²) in [6.45, 7) is 4.58. The molecule has 0 saturated heterocycles. The van der Waals surface area contributed by atoms with Crippen molar-refractivity contribution in [1.82, 2.24) is 16.0 Å². The highest BCUT2D eigenvalue weighted by Gasteiger charge is 2.04. The SMILES string of the molecule is CCNC(=O)c1ccc(CNC(=NC)NCCCOc2ccccc2)cc1.I. The summed E-state index contributed by atoms with van der Waals surface area (Å²) in [6.07, 6.45) is 0.872. The second kappa shape index (κ2) is 13.8. The zero-order valence-corrected chi connectivity index (χ0v) is 18.7. The molecule has 152 valence electrons. The van der Waals surface area contributed by atoms with E-state index in [1.165, 1.54) is 0 Å². The second-order valence-corrected chi connectivity index (χ2v) is 5.92. The van der Waals surface area contributed by atoms with Crippen LogP contribution in [0.3, 0.4) is 0 Å². The fourth-order valence-corrected chi connectivity index (χ4v) is 2.43. The Labute approximate surface area is 184 Å². The molecular formula is C21H29IN4O2. The van der Waals surface area contributed by atoms with Gasteiger partial charge in [-0.05, 0) is 43.2 Å². The van der Waals surface area contributed by atoms with Crippen LogP contribution < -0.4 is 20.7 Å². The number of nitrogens with one attached hydrogen (secondary N) is 3. The lowest BCUT2D eigenvalue weighted by Gasteiger charge is -2.12. The molecule has 0 radical (unpaired) electrons. The van der Waals surface area contributed by atoms with Crippen molar-refractivity contribution in [3.8, 4) is 5.75 Å². The van der Waals surface area contributed by atoms with Gasteiger partial charge in [-0.25, -0.2) is 0 Å². The molecule has 0 heterocycles. The van der Waals surface area contributed by atoms with E-state index in [2.05, 4.69) is 20.9 Å². The molecule has 1 amide bonds. The molecule has 0 aliphatic heterocycles. The Hall–Kier alpha value is -2.29. The standard InChI is InChI=1S/C21H28N4O2.HI/c1-3-23-20(26)18-12-10-17(11-13-18)16-25-21(22-2)24-14-7-15-27-19-8-5-4-6-9-19;/h4-6,8-13H,3,7,14-16H2,1-2H3,(H,23,26)(H2,22,24,25);1H. The highest BCUT2D eigenvalue weighted by Crippen LogP contribution is 2.08. The highest BCUT2D eigenvalue weighted by molar-refractivity contribution is 14.0. The maximum Gasteiger partial charge on any atom is 0.251 e. The van der Waals surface area contributed by atoms with Crippen molar-refractivity contribution in [2.75, 3.05) is 26.7 Å². The summed E-state index contributed by atoms with van der Waals surface area (Å²) < 4.78 is 5.67. The van der Waals surface area contributed by atoms with Gasteiger partial charge in [0.1, 0.15) is 5.75 Å². The van der Waals surface area contributed by atoms with Gasteiger partial charge in [-0.1, -0.05) is 30.3 Å². The maximum absolute atomic E-state index is 11.8. The van der Waals surface area contributed by atoms with Crippen molar-refractivity contribution in [1.29, 1.82) is 0 Å². The Morgan fingerprint density at radius 2 is 1.71 bits per heavy atom. The molecule has 0 fully saturated rings. The Balaban J connectivity index is 0.00000392. The molecule has 0 unspecified atom stereocenters. The molecule has 0 atom stereocenters. The molecule has 3 N–H and O–H groups in total. The number of halogens is 1. The monoisotopic (exact) mass is 496 g/mol. The summed E-state index contributed by atoms with van der Waals surface area (Å²) in [5, 5.41) is 9.32. The first-order valence-corrected chi connectivity index (χ1v) is 9.22. The van der Waals surface area contributed by atoms with Gasteiger partial charge in [0.15, 0.2) is 5.96 Å². The van der Waals surface area contributed by atoms with Crippen LogP contribution in [-0.2, 0) is 6.54 Å². The van der Waals surface area contributed by atoms with Crippen molar-refractivity contribution in [3.05, 3.63) is 65.7 Å². The van der Waals surface area contributed by atoms with Gasteiger partial charge in [-0.3, -0.25) is 9.79 Å². The van der Waals surface area contributed by atoms with Crippen molar-refractivity contribution in [2.24, 2.45) is 4.99 Å². The summed E-state index contributed by atoms with van der Waals surface area (Å²) >= 11 is 0. The largest absolute Gasteiger partial charge is 0.494 e. The Bertz CT molecular complexity index is 721. The summed E-state index contributed by atoms with van der Waals surface area (Å²) in [5.41, 5.74) is 1.75. The van der Waals surface area contributed by atoms with Crippen LogP contribution in [0.4, 0.5) is 0 Å². The van der Waals surface area contributed by atoms with E-state index in [9.17, 15) is 4.79 Å². The average molecular weight is 496 g/mol. The molecule has 0 bridgehead atoms. The van der Waals surface area contributed by atoms with Gasteiger partial charge >= 0.3 is 0 Å². The Kier molecular flexibility index (Phi) is 11.7. The van der Waals surface area contributed by atoms with Gasteiger partial charge in [0.25, 0.3) is 5.91 Å². The minimum absolute atomic E-state index is 0. The van der Waals surface area contributed by atoms with Gasteiger partial charge < -0.3 is 20.7 Å². The van der Waals surface area contributed by atoms with Crippen molar-refractivity contribution in [2.45, 2.75) is 19.9 Å². The minimum Gasteiger partial charge on any atom is -0.494 e. The molecule has 0 aliphatic carbocycles. The predicted octanol–water partition coefficient (Wildman–Crippen LogP) is 3.19. The third-order valence-electron chi connectivity index (χ3n) is 3.86. The number of hydrogen-bond acceptors (Lipinski definition) is 3. The number of aliphatic imine (C=N–C) groups is 1. The molecule has 0 spiro atoms. The summed E-state index contributed by atoms with van der Waals surface area (Å²) in [4.78, 5) is 16.0. The highest BCUT2D eigenvalue weighted by atomic mass is 127. The number of carbonyl (C=O) groups is 1. The van der Waals surface area contributed by atoms with E-state index in [-0.39, 0.29) is 29.9 Å². The number of ether oxygens (including phenoxy) is 1. The van der Waals surface area contributed by atoms with E-state index >= 15 is 0 Å². The maximum atomic E-state index is 11.8. The van der Waals surface area contributed by atoms with Crippen LogP contribution in [0.15, 0.2) is 59.6 Å². The zero-order valence-electron chi connectivity index (χ0n) is 16.4. The lowest BCUT2D eigenvalue weighted by molar-refractivity contribution is 0.0956. The lowest BCUT2D eigenvalue weighted by Crippen LogP contribution is -2.37. The van der Waals surface area contributed by atoms with E-state index in [4.69, 9.17) is 4.74 Å². The van der Waals surface area contributed by atoms with Gasteiger partial charge in [0.2, 0.25) is 0 Å². The number of benzene rings is 2. The third-order valence-corrected chi connectivity index (χ3v) is 3.86. The number of para-hydroxylation sites is 1. The van der Waals surface area contributed by atoms with E-state index in [1.54, 1.807) is 7.05 Å². The van der Waals surface area contributed by atoms with Gasteiger partial charge in [0, 0.05) is 32.2 Å². The fraction of sp³-hybridized carbons (Fsp3) is 0.333. The van der Waals surface area contributed by atoms with Crippen molar-refractivity contribution >= 4 is 35.8 Å². The quantitative estimate of drug-likeness (QED) is 0.216. The fourth-order valence-electron chi connectivity index (χ4n) is 2.43. The normalized spacial score (nSPS) is 10.6. The van der Waals surface area contributed by atoms with Crippen molar-refractivity contribution in [3.63, 3.8) is 0 Å². The zero-order chi connectivity index (χ0) is 19.3.